The first-order valence-corrected chi connectivity index (χ1v) is 8.81. The first kappa shape index (κ1) is 16.7. The van der Waals surface area contributed by atoms with Crippen LogP contribution in [-0.2, 0) is 0 Å². The smallest absolute Gasteiger partial charge is 0.254 e. The number of pyridine rings is 1. The van der Waals surface area contributed by atoms with E-state index in [0.29, 0.717) is 35.2 Å². The summed E-state index contributed by atoms with van der Waals surface area (Å²) in [5.41, 5.74) is 3.91. The van der Waals surface area contributed by atoms with Crippen molar-refractivity contribution in [2.45, 2.75) is 33.2 Å². The van der Waals surface area contributed by atoms with Crippen LogP contribution in [-0.4, -0.2) is 38.7 Å². The maximum atomic E-state index is 13.5. The van der Waals surface area contributed by atoms with Crippen LogP contribution in [0, 0.1) is 26.6 Å². The molecule has 5 nitrogen and oxygen atoms in total. The molecule has 1 atom stereocenters. The highest BCUT2D eigenvalue weighted by Gasteiger charge is 2.30. The quantitative estimate of drug-likeness (QED) is 0.708. The number of amides is 1. The summed E-state index contributed by atoms with van der Waals surface area (Å²) in [6, 6.07) is 8.43. The van der Waals surface area contributed by atoms with Gasteiger partial charge >= 0.3 is 0 Å². The summed E-state index contributed by atoms with van der Waals surface area (Å²) in [6.45, 7) is 7.16. The zero-order chi connectivity index (χ0) is 18.4. The fourth-order valence-electron chi connectivity index (χ4n) is 3.82. The van der Waals surface area contributed by atoms with Crippen LogP contribution in [0.25, 0.3) is 10.9 Å². The lowest BCUT2D eigenvalue weighted by molar-refractivity contribution is 0.0788. The van der Waals surface area contributed by atoms with Gasteiger partial charge in [0.2, 0.25) is 0 Å². The van der Waals surface area contributed by atoms with Crippen molar-refractivity contribution in [3.8, 4) is 0 Å². The van der Waals surface area contributed by atoms with Gasteiger partial charge < -0.3 is 4.90 Å². The predicted octanol–water partition coefficient (Wildman–Crippen LogP) is 3.58. The number of hydrogen-bond acceptors (Lipinski definition) is 3. The van der Waals surface area contributed by atoms with Crippen LogP contribution in [0.15, 0.2) is 30.3 Å². The summed E-state index contributed by atoms with van der Waals surface area (Å²) in [4.78, 5) is 19.4. The van der Waals surface area contributed by atoms with Gasteiger partial charge in [-0.1, -0.05) is 0 Å². The van der Waals surface area contributed by atoms with Gasteiger partial charge in [-0.2, -0.15) is 5.10 Å². The van der Waals surface area contributed by atoms with Crippen LogP contribution in [0.3, 0.4) is 0 Å². The fourth-order valence-corrected chi connectivity index (χ4v) is 3.82. The molecule has 3 aromatic rings. The third kappa shape index (κ3) is 2.85. The minimum Gasteiger partial charge on any atom is -0.336 e. The number of hydrogen-bond donors (Lipinski definition) is 0. The van der Waals surface area contributed by atoms with E-state index < -0.39 is 0 Å². The highest BCUT2D eigenvalue weighted by molar-refractivity contribution is 6.06. The summed E-state index contributed by atoms with van der Waals surface area (Å²) >= 11 is 0. The second-order valence-corrected chi connectivity index (χ2v) is 7.04. The molecule has 1 aromatic carbocycles. The van der Waals surface area contributed by atoms with E-state index in [1.807, 2.05) is 30.4 Å². The van der Waals surface area contributed by atoms with Gasteiger partial charge in [0.1, 0.15) is 5.82 Å². The summed E-state index contributed by atoms with van der Waals surface area (Å²) in [7, 11) is 0. The van der Waals surface area contributed by atoms with Crippen LogP contribution in [0.4, 0.5) is 4.39 Å². The standard InChI is InChI=1S/C20H21FN4O/c1-12-9-18(17-5-4-15(21)10-19(17)22-12)20(26)24-7-6-16(11-24)25-14(3)8-13(2)23-25/h4-5,8-10,16H,6-7,11H2,1-3H3/t16-/m0/s1. The van der Waals surface area contributed by atoms with E-state index in [2.05, 4.69) is 16.1 Å². The van der Waals surface area contributed by atoms with Crippen molar-refractivity contribution in [1.82, 2.24) is 19.7 Å². The highest BCUT2D eigenvalue weighted by Crippen LogP contribution is 2.27. The van der Waals surface area contributed by atoms with Crippen LogP contribution < -0.4 is 0 Å². The molecule has 3 heterocycles. The molecule has 0 bridgehead atoms. The number of benzene rings is 1. The largest absolute Gasteiger partial charge is 0.336 e. The minimum absolute atomic E-state index is 0.0314. The SMILES string of the molecule is Cc1cc(C(=O)N2CC[C@H](n3nc(C)cc3C)C2)c2ccc(F)cc2n1. The molecule has 0 saturated carbocycles. The molecule has 0 aliphatic carbocycles. The van der Waals surface area contributed by atoms with Crippen molar-refractivity contribution in [2.75, 3.05) is 13.1 Å². The molecule has 1 aliphatic heterocycles. The summed E-state index contributed by atoms with van der Waals surface area (Å²) in [6.07, 6.45) is 0.879. The Bertz CT molecular complexity index is 1010. The number of carbonyl (C=O) groups is 1. The van der Waals surface area contributed by atoms with Gasteiger partial charge in [0, 0.05) is 35.9 Å². The Balaban J connectivity index is 1.65. The van der Waals surface area contributed by atoms with Gasteiger partial charge in [0.25, 0.3) is 5.91 Å². The van der Waals surface area contributed by atoms with Crippen molar-refractivity contribution in [3.63, 3.8) is 0 Å². The lowest BCUT2D eigenvalue weighted by Crippen LogP contribution is -2.29. The second kappa shape index (κ2) is 6.20. The van der Waals surface area contributed by atoms with Gasteiger partial charge in [-0.05, 0) is 51.5 Å². The maximum absolute atomic E-state index is 13.5. The van der Waals surface area contributed by atoms with E-state index in [1.165, 1.54) is 12.1 Å². The van der Waals surface area contributed by atoms with E-state index >= 15 is 0 Å². The maximum Gasteiger partial charge on any atom is 0.254 e. The molecule has 2 aromatic heterocycles. The molecule has 1 aliphatic rings. The third-order valence-corrected chi connectivity index (χ3v) is 4.97. The van der Waals surface area contributed by atoms with Crippen molar-refractivity contribution in [1.29, 1.82) is 0 Å². The number of fused-ring (bicyclic) bond motifs is 1. The van der Waals surface area contributed by atoms with Crippen molar-refractivity contribution in [2.24, 2.45) is 0 Å². The number of likely N-dealkylation sites (tertiary alicyclic amines) is 1. The number of nitrogens with zero attached hydrogens (tertiary/aromatic N) is 4. The third-order valence-electron chi connectivity index (χ3n) is 4.97. The Kier molecular flexibility index (Phi) is 3.98. The van der Waals surface area contributed by atoms with Crippen LogP contribution in [0.2, 0.25) is 0 Å². The minimum atomic E-state index is -0.347. The van der Waals surface area contributed by atoms with Crippen LogP contribution in [0.1, 0.15) is 39.9 Å². The number of aromatic nitrogens is 3. The Labute approximate surface area is 151 Å². The van der Waals surface area contributed by atoms with Crippen molar-refractivity contribution < 1.29 is 9.18 Å². The van der Waals surface area contributed by atoms with Crippen LogP contribution >= 0.6 is 0 Å². The second-order valence-electron chi connectivity index (χ2n) is 7.04. The van der Waals surface area contributed by atoms with Gasteiger partial charge in [-0.3, -0.25) is 14.5 Å². The zero-order valence-electron chi connectivity index (χ0n) is 15.2. The van der Waals surface area contributed by atoms with Crippen LogP contribution in [0.5, 0.6) is 0 Å². The van der Waals surface area contributed by atoms with E-state index in [0.717, 1.165) is 17.8 Å². The molecule has 0 radical (unpaired) electrons. The molecule has 0 spiro atoms. The first-order valence-electron chi connectivity index (χ1n) is 8.81. The van der Waals surface area contributed by atoms with E-state index in [9.17, 15) is 9.18 Å². The van der Waals surface area contributed by atoms with Crippen molar-refractivity contribution in [3.05, 3.63) is 58.8 Å². The van der Waals surface area contributed by atoms with Gasteiger partial charge in [0.05, 0.1) is 22.8 Å². The van der Waals surface area contributed by atoms with Gasteiger partial charge in [0.15, 0.2) is 0 Å². The van der Waals surface area contributed by atoms with E-state index in [4.69, 9.17) is 0 Å². The fraction of sp³-hybridized carbons (Fsp3) is 0.350. The number of carbonyl (C=O) groups excluding carboxylic acids is 1. The zero-order valence-corrected chi connectivity index (χ0v) is 15.2. The molecule has 1 fully saturated rings. The molecule has 26 heavy (non-hydrogen) atoms. The molecule has 0 N–H and O–H groups in total. The normalized spacial score (nSPS) is 17.2. The molecule has 134 valence electrons. The van der Waals surface area contributed by atoms with Gasteiger partial charge in [-0.25, -0.2) is 4.39 Å². The van der Waals surface area contributed by atoms with E-state index in [-0.39, 0.29) is 17.8 Å². The van der Waals surface area contributed by atoms with Crippen molar-refractivity contribution >= 4 is 16.8 Å². The Morgan fingerprint density at radius 2 is 1.96 bits per heavy atom. The predicted molar refractivity (Wildman–Crippen MR) is 97.7 cm³/mol. The molecule has 1 saturated heterocycles. The Morgan fingerprint density at radius 3 is 2.69 bits per heavy atom. The van der Waals surface area contributed by atoms with E-state index in [1.54, 1.807) is 12.1 Å². The Morgan fingerprint density at radius 1 is 1.15 bits per heavy atom. The first-order chi connectivity index (χ1) is 12.4. The summed E-state index contributed by atoms with van der Waals surface area (Å²) in [5, 5.41) is 5.25. The Hall–Kier alpha value is -2.76. The molecular weight excluding hydrogens is 331 g/mol. The number of aryl methyl sites for hydroxylation is 3. The van der Waals surface area contributed by atoms with Gasteiger partial charge in [-0.15, -0.1) is 0 Å². The highest BCUT2D eigenvalue weighted by atomic mass is 19.1. The number of rotatable bonds is 2. The number of halogens is 1. The average Bonchev–Trinajstić information content (AvgIpc) is 3.19. The lowest BCUT2D eigenvalue weighted by Gasteiger charge is -2.19. The molecular formula is C20H21FN4O. The summed E-state index contributed by atoms with van der Waals surface area (Å²) in [5.74, 6) is -0.379. The summed E-state index contributed by atoms with van der Waals surface area (Å²) < 4.78 is 15.6. The lowest BCUT2D eigenvalue weighted by atomic mass is 10.1. The monoisotopic (exact) mass is 352 g/mol. The molecule has 1 amide bonds. The molecule has 4 rings (SSSR count). The molecule has 0 unspecified atom stereocenters. The average molecular weight is 352 g/mol. The topological polar surface area (TPSA) is 51.0 Å². The molecule has 6 heteroatoms.